The van der Waals surface area contributed by atoms with E-state index in [0.29, 0.717) is 5.75 Å². The number of piperazine rings is 1. The lowest BCUT2D eigenvalue weighted by Gasteiger charge is -2.33. The molecule has 2 rings (SSSR count). The third kappa shape index (κ3) is 4.67. The maximum atomic E-state index is 12.0. The van der Waals surface area contributed by atoms with Crippen LogP contribution in [0, 0.1) is 0 Å². The molecule has 4 nitrogen and oxygen atoms in total. The second kappa shape index (κ2) is 7.72. The van der Waals surface area contributed by atoms with Crippen LogP contribution in [0.3, 0.4) is 0 Å². The second-order valence-corrected chi connectivity index (χ2v) is 5.30. The van der Waals surface area contributed by atoms with Crippen molar-refractivity contribution in [3.63, 3.8) is 0 Å². The Morgan fingerprint density at radius 1 is 1.58 bits per heavy atom. The molecule has 0 saturated carbocycles. The highest BCUT2D eigenvalue weighted by atomic mass is 79.9. The molecule has 0 unspecified atom stereocenters. The van der Waals surface area contributed by atoms with Gasteiger partial charge < -0.3 is 15.0 Å². The van der Waals surface area contributed by atoms with Crippen LogP contribution in [0.5, 0.6) is 5.75 Å². The van der Waals surface area contributed by atoms with Crippen LogP contribution in [-0.4, -0.2) is 43.1 Å². The fourth-order valence-corrected chi connectivity index (χ4v) is 2.37. The van der Waals surface area contributed by atoms with Gasteiger partial charge in [-0.3, -0.25) is 4.79 Å². The number of benzene rings is 1. The number of hydrogen-bond donors (Lipinski definition) is 1. The lowest BCUT2D eigenvalue weighted by molar-refractivity contribution is -0.136. The van der Waals surface area contributed by atoms with Gasteiger partial charge >= 0.3 is 0 Å². The summed E-state index contributed by atoms with van der Waals surface area (Å²) in [5.74, 6) is 0.754. The Morgan fingerprint density at radius 2 is 2.37 bits per heavy atom. The summed E-state index contributed by atoms with van der Waals surface area (Å²) in [6.07, 6.45) is 0. The Balaban J connectivity index is 0.00000180. The zero-order valence-electron chi connectivity index (χ0n) is 10.8. The first-order valence-corrected chi connectivity index (χ1v) is 6.84. The first kappa shape index (κ1) is 16.3. The first-order valence-electron chi connectivity index (χ1n) is 6.05. The summed E-state index contributed by atoms with van der Waals surface area (Å²) in [6, 6.07) is 7.75. The Morgan fingerprint density at radius 3 is 3.05 bits per heavy atom. The van der Waals surface area contributed by atoms with E-state index in [0.717, 1.165) is 24.1 Å². The number of hydrogen-bond acceptors (Lipinski definition) is 3. The predicted molar refractivity (Wildman–Crippen MR) is 80.9 cm³/mol. The van der Waals surface area contributed by atoms with Gasteiger partial charge in [0.15, 0.2) is 6.61 Å². The Kier molecular flexibility index (Phi) is 6.62. The molecule has 0 radical (unpaired) electrons. The molecule has 0 spiro atoms. The van der Waals surface area contributed by atoms with E-state index in [9.17, 15) is 4.79 Å². The van der Waals surface area contributed by atoms with Crippen molar-refractivity contribution < 1.29 is 9.53 Å². The molecule has 106 valence electrons. The van der Waals surface area contributed by atoms with E-state index in [1.807, 2.05) is 36.1 Å². The van der Waals surface area contributed by atoms with Gasteiger partial charge in [-0.25, -0.2) is 0 Å². The smallest absolute Gasteiger partial charge is 0.260 e. The number of halogens is 2. The number of carbonyl (C=O) groups is 1. The monoisotopic (exact) mass is 348 g/mol. The molecule has 1 saturated heterocycles. The van der Waals surface area contributed by atoms with Gasteiger partial charge in [0.1, 0.15) is 5.75 Å². The molecule has 1 N–H and O–H groups in total. The fourth-order valence-electron chi connectivity index (χ4n) is 2.00. The summed E-state index contributed by atoms with van der Waals surface area (Å²) in [5, 5.41) is 3.26. The molecule has 1 aromatic rings. The molecule has 0 aliphatic carbocycles. The highest BCUT2D eigenvalue weighted by Gasteiger charge is 2.22. The van der Waals surface area contributed by atoms with E-state index in [-0.39, 0.29) is 31.0 Å². The molecule has 1 atom stereocenters. The van der Waals surface area contributed by atoms with Crippen LogP contribution in [-0.2, 0) is 4.79 Å². The number of nitrogens with one attached hydrogen (secondary N) is 1. The Bertz CT molecular complexity index is 431. The van der Waals surface area contributed by atoms with Crippen molar-refractivity contribution in [3.8, 4) is 5.75 Å². The standard InChI is InChI=1S/C13H17BrN2O2.ClH/c1-10-8-15-5-6-16(10)13(17)9-18-12-4-2-3-11(14)7-12;/h2-4,7,10,15H,5-6,8-9H2,1H3;1H/t10-;/m1./s1. The molecule has 6 heteroatoms. The maximum Gasteiger partial charge on any atom is 0.260 e. The normalized spacial score (nSPS) is 18.6. The third-order valence-corrected chi connectivity index (χ3v) is 3.47. The SMILES string of the molecule is C[C@@H]1CNCCN1C(=O)COc1cccc(Br)c1.Cl. The summed E-state index contributed by atoms with van der Waals surface area (Å²) < 4.78 is 6.46. The average molecular weight is 350 g/mol. The van der Waals surface area contributed by atoms with Gasteiger partial charge in [0.05, 0.1) is 0 Å². The number of carbonyl (C=O) groups excluding carboxylic acids is 1. The summed E-state index contributed by atoms with van der Waals surface area (Å²) in [4.78, 5) is 13.9. The van der Waals surface area contributed by atoms with Crippen molar-refractivity contribution in [2.75, 3.05) is 26.2 Å². The van der Waals surface area contributed by atoms with Crippen molar-refractivity contribution in [2.45, 2.75) is 13.0 Å². The number of amides is 1. The van der Waals surface area contributed by atoms with E-state index < -0.39 is 0 Å². The first-order chi connectivity index (χ1) is 8.66. The molecule has 0 aromatic heterocycles. The molecule has 1 aliphatic rings. The predicted octanol–water partition coefficient (Wildman–Crippen LogP) is 2.07. The Hall–Kier alpha value is -0.780. The fraction of sp³-hybridized carbons (Fsp3) is 0.462. The Labute approximate surface area is 128 Å². The maximum absolute atomic E-state index is 12.0. The molecule has 1 amide bonds. The minimum Gasteiger partial charge on any atom is -0.484 e. The van der Waals surface area contributed by atoms with E-state index in [2.05, 4.69) is 21.2 Å². The number of nitrogens with zero attached hydrogens (tertiary/aromatic N) is 1. The third-order valence-electron chi connectivity index (χ3n) is 2.98. The summed E-state index contributed by atoms with van der Waals surface area (Å²) in [7, 11) is 0. The molecular weight excluding hydrogens is 332 g/mol. The highest BCUT2D eigenvalue weighted by molar-refractivity contribution is 9.10. The molecular formula is C13H18BrClN2O2. The molecule has 1 aliphatic heterocycles. The van der Waals surface area contributed by atoms with Crippen LogP contribution < -0.4 is 10.1 Å². The number of rotatable bonds is 3. The van der Waals surface area contributed by atoms with E-state index in [4.69, 9.17) is 4.74 Å². The van der Waals surface area contributed by atoms with Gasteiger partial charge in [-0.1, -0.05) is 22.0 Å². The van der Waals surface area contributed by atoms with E-state index in [1.54, 1.807) is 0 Å². The van der Waals surface area contributed by atoms with E-state index >= 15 is 0 Å². The largest absolute Gasteiger partial charge is 0.484 e. The van der Waals surface area contributed by atoms with Crippen molar-refractivity contribution in [2.24, 2.45) is 0 Å². The topological polar surface area (TPSA) is 41.6 Å². The van der Waals surface area contributed by atoms with Gasteiger partial charge in [-0.2, -0.15) is 0 Å². The molecule has 0 bridgehead atoms. The zero-order valence-corrected chi connectivity index (χ0v) is 13.2. The number of ether oxygens (including phenoxy) is 1. The van der Waals surface area contributed by atoms with Crippen LogP contribution in [0.2, 0.25) is 0 Å². The van der Waals surface area contributed by atoms with Crippen LogP contribution in [0.4, 0.5) is 0 Å². The molecule has 1 heterocycles. The summed E-state index contributed by atoms with van der Waals surface area (Å²) in [6.45, 7) is 4.60. The highest BCUT2D eigenvalue weighted by Crippen LogP contribution is 2.17. The summed E-state index contributed by atoms with van der Waals surface area (Å²) >= 11 is 3.37. The second-order valence-electron chi connectivity index (χ2n) is 4.39. The van der Waals surface area contributed by atoms with Crippen LogP contribution in [0.15, 0.2) is 28.7 Å². The van der Waals surface area contributed by atoms with Crippen molar-refractivity contribution in [3.05, 3.63) is 28.7 Å². The van der Waals surface area contributed by atoms with Gasteiger partial charge in [0, 0.05) is 30.1 Å². The molecule has 1 fully saturated rings. The molecule has 1 aromatic carbocycles. The lowest BCUT2D eigenvalue weighted by Crippen LogP contribution is -2.53. The van der Waals surface area contributed by atoms with Crippen LogP contribution in [0.1, 0.15) is 6.92 Å². The van der Waals surface area contributed by atoms with Crippen molar-refractivity contribution in [1.82, 2.24) is 10.2 Å². The average Bonchev–Trinajstić information content (AvgIpc) is 2.37. The van der Waals surface area contributed by atoms with Gasteiger partial charge in [-0.05, 0) is 25.1 Å². The quantitative estimate of drug-likeness (QED) is 0.908. The van der Waals surface area contributed by atoms with Gasteiger partial charge in [-0.15, -0.1) is 12.4 Å². The van der Waals surface area contributed by atoms with E-state index in [1.165, 1.54) is 0 Å². The minimum atomic E-state index is 0. The van der Waals surface area contributed by atoms with Crippen molar-refractivity contribution in [1.29, 1.82) is 0 Å². The lowest BCUT2D eigenvalue weighted by atomic mass is 10.2. The zero-order chi connectivity index (χ0) is 13.0. The minimum absolute atomic E-state index is 0. The molecule has 19 heavy (non-hydrogen) atoms. The van der Waals surface area contributed by atoms with Gasteiger partial charge in [0.2, 0.25) is 0 Å². The summed E-state index contributed by atoms with van der Waals surface area (Å²) in [5.41, 5.74) is 0. The van der Waals surface area contributed by atoms with Crippen molar-refractivity contribution >= 4 is 34.2 Å². The van der Waals surface area contributed by atoms with Crippen LogP contribution in [0.25, 0.3) is 0 Å². The van der Waals surface area contributed by atoms with Crippen LogP contribution >= 0.6 is 28.3 Å². The van der Waals surface area contributed by atoms with Gasteiger partial charge in [0.25, 0.3) is 5.91 Å².